The molecule has 2 N–H and O–H groups in total. The van der Waals surface area contributed by atoms with Crippen molar-refractivity contribution in [1.29, 1.82) is 0 Å². The molecule has 0 bridgehead atoms. The molecule has 0 fully saturated rings. The lowest BCUT2D eigenvalue weighted by atomic mass is 10.2. The maximum absolute atomic E-state index is 11.8. The molecule has 1 aromatic carbocycles. The van der Waals surface area contributed by atoms with Crippen molar-refractivity contribution in [3.05, 3.63) is 28.7 Å². The zero-order chi connectivity index (χ0) is 13.4. The van der Waals surface area contributed by atoms with Crippen LogP contribution in [0.3, 0.4) is 0 Å². The van der Waals surface area contributed by atoms with Gasteiger partial charge >= 0.3 is 11.8 Å². The Labute approximate surface area is 108 Å². The number of nitrogens with zero attached hydrogens (tertiary/aromatic N) is 2. The molecule has 19 heavy (non-hydrogen) atoms. The van der Waals surface area contributed by atoms with Gasteiger partial charge in [-0.25, -0.2) is 9.59 Å². The highest BCUT2D eigenvalue weighted by Gasteiger charge is 2.16. The maximum Gasteiger partial charge on any atom is 0.411 e. The highest BCUT2D eigenvalue weighted by molar-refractivity contribution is 5.95. The molecule has 7 nitrogen and oxygen atoms in total. The second-order valence-electron chi connectivity index (χ2n) is 4.17. The summed E-state index contributed by atoms with van der Waals surface area (Å²) in [5.74, 6) is 0.739. The number of hydrogen-bond donors (Lipinski definition) is 2. The standard InChI is InChI=1S/C12H12N4O3/c1-19-12(18)14-7-2-3-9-8(6-7)10-13-4-5-16(10)11(17)15-9/h2-3,6,13H,4-5H2,1H3,(H,14,18). The molecule has 1 amide bonds. The molecule has 2 aromatic rings. The number of carbonyl (C=O) groups is 1. The molecule has 0 saturated carbocycles. The highest BCUT2D eigenvalue weighted by atomic mass is 16.5. The van der Waals surface area contributed by atoms with E-state index in [-0.39, 0.29) is 5.69 Å². The smallest absolute Gasteiger partial charge is 0.411 e. The van der Waals surface area contributed by atoms with Crippen LogP contribution in [0.1, 0.15) is 0 Å². The van der Waals surface area contributed by atoms with Gasteiger partial charge in [-0.3, -0.25) is 9.88 Å². The number of benzene rings is 1. The molecule has 7 heteroatoms. The van der Waals surface area contributed by atoms with Crippen LogP contribution >= 0.6 is 0 Å². The Hall–Kier alpha value is -2.57. The molecule has 1 aliphatic heterocycles. The summed E-state index contributed by atoms with van der Waals surface area (Å²) in [7, 11) is 1.30. The Balaban J connectivity index is 2.15. The van der Waals surface area contributed by atoms with Crippen molar-refractivity contribution in [1.82, 2.24) is 9.55 Å². The first-order chi connectivity index (χ1) is 9.19. The fourth-order valence-corrected chi connectivity index (χ4v) is 2.16. The summed E-state index contributed by atoms with van der Waals surface area (Å²) in [5.41, 5.74) is 0.929. The number of ether oxygens (including phenoxy) is 1. The van der Waals surface area contributed by atoms with E-state index in [0.717, 1.165) is 11.2 Å². The number of hydrogen-bond acceptors (Lipinski definition) is 5. The Bertz CT molecular complexity index is 723. The van der Waals surface area contributed by atoms with Gasteiger partial charge in [-0.05, 0) is 18.2 Å². The molecular formula is C12H12N4O3. The normalized spacial score (nSPS) is 12.9. The molecule has 0 radical (unpaired) electrons. The lowest BCUT2D eigenvalue weighted by molar-refractivity contribution is 0.187. The van der Waals surface area contributed by atoms with Crippen molar-refractivity contribution < 1.29 is 9.53 Å². The zero-order valence-corrected chi connectivity index (χ0v) is 10.3. The fraction of sp³-hybridized carbons (Fsp3) is 0.250. The Morgan fingerprint density at radius 2 is 2.37 bits per heavy atom. The molecule has 0 aliphatic carbocycles. The average Bonchev–Trinajstić information content (AvgIpc) is 2.89. The van der Waals surface area contributed by atoms with Gasteiger partial charge in [0, 0.05) is 24.2 Å². The van der Waals surface area contributed by atoms with Gasteiger partial charge in [-0.15, -0.1) is 0 Å². The van der Waals surface area contributed by atoms with Crippen LogP contribution in [0.25, 0.3) is 10.9 Å². The number of methoxy groups -OCH3 is 1. The van der Waals surface area contributed by atoms with Gasteiger partial charge in [-0.2, -0.15) is 4.98 Å². The van der Waals surface area contributed by atoms with Gasteiger partial charge in [0.05, 0.1) is 12.6 Å². The Morgan fingerprint density at radius 1 is 1.53 bits per heavy atom. The summed E-state index contributed by atoms with van der Waals surface area (Å²) in [6.45, 7) is 1.30. The zero-order valence-electron chi connectivity index (χ0n) is 10.3. The van der Waals surface area contributed by atoms with Crippen molar-refractivity contribution in [3.63, 3.8) is 0 Å². The molecule has 0 unspecified atom stereocenters. The molecular weight excluding hydrogens is 248 g/mol. The van der Waals surface area contributed by atoms with Crippen molar-refractivity contribution in [3.8, 4) is 0 Å². The molecule has 0 atom stereocenters. The number of amides is 1. The first-order valence-corrected chi connectivity index (χ1v) is 5.82. The molecule has 1 aromatic heterocycles. The predicted molar refractivity (Wildman–Crippen MR) is 70.5 cm³/mol. The average molecular weight is 260 g/mol. The number of aromatic nitrogens is 2. The summed E-state index contributed by atoms with van der Waals surface area (Å²) < 4.78 is 6.13. The molecule has 1 aliphatic rings. The second kappa shape index (κ2) is 4.27. The highest BCUT2D eigenvalue weighted by Crippen LogP contribution is 2.25. The van der Waals surface area contributed by atoms with Gasteiger partial charge < -0.3 is 10.1 Å². The van der Waals surface area contributed by atoms with E-state index < -0.39 is 6.09 Å². The van der Waals surface area contributed by atoms with Crippen LogP contribution in [-0.4, -0.2) is 29.3 Å². The number of rotatable bonds is 1. The summed E-state index contributed by atoms with van der Waals surface area (Å²) in [5, 5.41) is 6.54. The SMILES string of the molecule is COC(=O)Nc1ccc2nc(=O)n3c(c2c1)NCC3. The van der Waals surface area contributed by atoms with E-state index in [4.69, 9.17) is 0 Å². The molecule has 2 heterocycles. The largest absolute Gasteiger partial charge is 0.453 e. The van der Waals surface area contributed by atoms with Crippen molar-refractivity contribution in [2.75, 3.05) is 24.3 Å². The van der Waals surface area contributed by atoms with Crippen molar-refractivity contribution in [2.45, 2.75) is 6.54 Å². The van der Waals surface area contributed by atoms with Crippen molar-refractivity contribution >= 4 is 28.5 Å². The van der Waals surface area contributed by atoms with Crippen LogP contribution in [0.5, 0.6) is 0 Å². The van der Waals surface area contributed by atoms with Gasteiger partial charge in [0.2, 0.25) is 0 Å². The van der Waals surface area contributed by atoms with E-state index in [1.807, 2.05) is 0 Å². The summed E-state index contributed by atoms with van der Waals surface area (Å²) in [6.07, 6.45) is -0.537. The van der Waals surface area contributed by atoms with E-state index in [0.29, 0.717) is 24.3 Å². The number of fused-ring (bicyclic) bond motifs is 3. The third-order valence-electron chi connectivity index (χ3n) is 3.03. The Morgan fingerprint density at radius 3 is 3.16 bits per heavy atom. The molecule has 98 valence electrons. The van der Waals surface area contributed by atoms with Gasteiger partial charge in [0.1, 0.15) is 5.82 Å². The number of anilines is 2. The molecule has 0 saturated heterocycles. The van der Waals surface area contributed by atoms with Crippen LogP contribution < -0.4 is 16.3 Å². The lowest BCUT2D eigenvalue weighted by Crippen LogP contribution is -2.21. The lowest BCUT2D eigenvalue weighted by Gasteiger charge is -2.08. The second-order valence-corrected chi connectivity index (χ2v) is 4.17. The van der Waals surface area contributed by atoms with Crippen LogP contribution in [0.4, 0.5) is 16.3 Å². The third-order valence-corrected chi connectivity index (χ3v) is 3.03. The van der Waals surface area contributed by atoms with Gasteiger partial charge in [0.25, 0.3) is 0 Å². The summed E-state index contributed by atoms with van der Waals surface area (Å²) >= 11 is 0. The minimum atomic E-state index is -0.537. The maximum atomic E-state index is 11.8. The van der Waals surface area contributed by atoms with E-state index in [1.54, 1.807) is 22.8 Å². The van der Waals surface area contributed by atoms with E-state index >= 15 is 0 Å². The number of nitrogens with one attached hydrogen (secondary N) is 2. The first-order valence-electron chi connectivity index (χ1n) is 5.82. The van der Waals surface area contributed by atoms with E-state index in [9.17, 15) is 9.59 Å². The van der Waals surface area contributed by atoms with Crippen LogP contribution in [0, 0.1) is 0 Å². The van der Waals surface area contributed by atoms with Crippen LogP contribution in [0.2, 0.25) is 0 Å². The van der Waals surface area contributed by atoms with E-state index in [2.05, 4.69) is 20.4 Å². The predicted octanol–water partition coefficient (Wildman–Crippen LogP) is 1.00. The van der Waals surface area contributed by atoms with Crippen LogP contribution in [0.15, 0.2) is 23.0 Å². The van der Waals surface area contributed by atoms with Crippen molar-refractivity contribution in [2.24, 2.45) is 0 Å². The minimum Gasteiger partial charge on any atom is -0.453 e. The quantitative estimate of drug-likeness (QED) is 0.799. The summed E-state index contributed by atoms with van der Waals surface area (Å²) in [4.78, 5) is 27.0. The third kappa shape index (κ3) is 1.88. The summed E-state index contributed by atoms with van der Waals surface area (Å²) in [6, 6.07) is 5.14. The monoisotopic (exact) mass is 260 g/mol. The van der Waals surface area contributed by atoms with E-state index in [1.165, 1.54) is 7.11 Å². The topological polar surface area (TPSA) is 85.2 Å². The minimum absolute atomic E-state index is 0.263. The molecule has 3 rings (SSSR count). The fourth-order valence-electron chi connectivity index (χ4n) is 2.16. The Kier molecular flexibility index (Phi) is 2.59. The first kappa shape index (κ1) is 11.5. The van der Waals surface area contributed by atoms with Gasteiger partial charge in [-0.1, -0.05) is 0 Å². The number of carbonyl (C=O) groups excluding carboxylic acids is 1. The van der Waals surface area contributed by atoms with Crippen LogP contribution in [-0.2, 0) is 11.3 Å². The molecule has 0 spiro atoms. The van der Waals surface area contributed by atoms with Gasteiger partial charge in [0.15, 0.2) is 0 Å².